The van der Waals surface area contributed by atoms with Gasteiger partial charge in [0.25, 0.3) is 0 Å². The van der Waals surface area contributed by atoms with E-state index in [1.807, 2.05) is 0 Å². The molecule has 2 heterocycles. The molecule has 38 heavy (non-hydrogen) atoms. The summed E-state index contributed by atoms with van der Waals surface area (Å²) in [5.41, 5.74) is 0.102. The van der Waals surface area contributed by atoms with Crippen LogP contribution in [0.15, 0.2) is 36.5 Å². The van der Waals surface area contributed by atoms with Crippen molar-refractivity contribution in [2.45, 2.75) is 38.6 Å². The predicted molar refractivity (Wildman–Crippen MR) is 132 cm³/mol. The van der Waals surface area contributed by atoms with Crippen LogP contribution in [0.4, 0.5) is 13.2 Å². The number of nitrogens with one attached hydrogen (secondary N) is 1. The first-order valence-electron chi connectivity index (χ1n) is 11.3. The molecule has 1 unspecified atom stereocenters. The Bertz CT molecular complexity index is 1510. The van der Waals surface area contributed by atoms with E-state index in [4.69, 9.17) is 11.6 Å². The number of halogens is 4. The summed E-state index contributed by atoms with van der Waals surface area (Å²) in [6.45, 7) is 0.0215. The third-order valence-electron chi connectivity index (χ3n) is 6.31. The minimum atomic E-state index is -5.03. The van der Waals surface area contributed by atoms with Crippen LogP contribution in [0.3, 0.4) is 0 Å². The van der Waals surface area contributed by atoms with E-state index >= 15 is 0 Å². The van der Waals surface area contributed by atoms with Gasteiger partial charge in [-0.3, -0.25) is 18.9 Å². The Morgan fingerprint density at radius 3 is 2.58 bits per heavy atom. The number of hydrogen-bond donors (Lipinski definition) is 3. The minimum absolute atomic E-state index is 0.00305. The van der Waals surface area contributed by atoms with Crippen LogP contribution in [0.2, 0.25) is 5.02 Å². The highest BCUT2D eigenvalue weighted by Gasteiger charge is 2.40. The van der Waals surface area contributed by atoms with E-state index in [0.717, 1.165) is 17.0 Å². The van der Waals surface area contributed by atoms with Gasteiger partial charge in [-0.05, 0) is 25.1 Å². The van der Waals surface area contributed by atoms with E-state index in [0.29, 0.717) is 0 Å². The summed E-state index contributed by atoms with van der Waals surface area (Å²) in [5, 5.41) is 1.46. The zero-order chi connectivity index (χ0) is 27.9. The molecule has 3 N–H and O–H groups in total. The Morgan fingerprint density at radius 2 is 1.92 bits per heavy atom. The standard InChI is InChI=1S/C24H22ClF3N3O6P/c1-12(32)16-10-30(19-7-21(38(35,36)37)18(27)6-15(16)19)11-22(33)31-9-14(26)5-20(31)24(34)29-8-13-3-2-4-17(25)23(13)28/h2-4,6-7,10,14,20H,5,8-9,11H2,1H3,(H,29,34)(H2,35,36,37)/t14?,20-/m0/s1. The van der Waals surface area contributed by atoms with Crippen molar-refractivity contribution in [2.75, 3.05) is 6.54 Å². The number of benzene rings is 2. The molecule has 1 fully saturated rings. The molecule has 0 spiro atoms. The smallest absolute Gasteiger partial charge is 0.350 e. The Morgan fingerprint density at radius 1 is 1.21 bits per heavy atom. The van der Waals surface area contributed by atoms with E-state index in [1.165, 1.54) is 35.9 Å². The second-order valence-corrected chi connectivity index (χ2v) is 10.9. The van der Waals surface area contributed by atoms with E-state index in [1.54, 1.807) is 0 Å². The molecule has 0 aliphatic carbocycles. The lowest BCUT2D eigenvalue weighted by molar-refractivity contribution is -0.139. The molecule has 202 valence electrons. The molecule has 0 radical (unpaired) electrons. The highest BCUT2D eigenvalue weighted by atomic mass is 35.5. The van der Waals surface area contributed by atoms with Crippen molar-refractivity contribution in [1.82, 2.24) is 14.8 Å². The van der Waals surface area contributed by atoms with Gasteiger partial charge in [0.2, 0.25) is 11.8 Å². The van der Waals surface area contributed by atoms with Crippen molar-refractivity contribution in [1.29, 1.82) is 0 Å². The van der Waals surface area contributed by atoms with Crippen LogP contribution >= 0.6 is 19.2 Å². The van der Waals surface area contributed by atoms with Gasteiger partial charge in [-0.1, -0.05) is 23.7 Å². The number of alkyl halides is 1. The first-order valence-corrected chi connectivity index (χ1v) is 13.3. The van der Waals surface area contributed by atoms with Crippen LogP contribution in [0.1, 0.15) is 29.3 Å². The normalized spacial score (nSPS) is 17.7. The molecule has 1 aromatic heterocycles. The second kappa shape index (κ2) is 10.5. The number of Topliss-reactive ketones (excluding diaryl/α,β-unsaturated/α-hetero) is 1. The third kappa shape index (κ3) is 5.49. The van der Waals surface area contributed by atoms with Gasteiger partial charge in [0.15, 0.2) is 5.78 Å². The van der Waals surface area contributed by atoms with Gasteiger partial charge in [-0.2, -0.15) is 0 Å². The van der Waals surface area contributed by atoms with Gasteiger partial charge in [0.1, 0.15) is 35.7 Å². The van der Waals surface area contributed by atoms with Gasteiger partial charge in [-0.15, -0.1) is 0 Å². The molecule has 4 rings (SSSR count). The molecule has 0 saturated carbocycles. The first kappa shape index (κ1) is 27.8. The number of carbonyl (C=O) groups is 3. The SMILES string of the molecule is CC(=O)c1cn(CC(=O)N2CC(F)C[C@H]2C(=O)NCc2cccc(Cl)c2F)c2cc(P(=O)(O)O)c(F)cc12. The van der Waals surface area contributed by atoms with Crippen LogP contribution in [-0.4, -0.2) is 55.6 Å². The number of ketones is 1. The Labute approximate surface area is 219 Å². The zero-order valence-electron chi connectivity index (χ0n) is 19.8. The summed E-state index contributed by atoms with van der Waals surface area (Å²) >= 11 is 5.75. The summed E-state index contributed by atoms with van der Waals surface area (Å²) in [6, 6.07) is 4.70. The van der Waals surface area contributed by atoms with Crippen LogP contribution < -0.4 is 10.6 Å². The molecular formula is C24H22ClF3N3O6P. The summed E-state index contributed by atoms with van der Waals surface area (Å²) in [4.78, 5) is 58.1. The number of rotatable bonds is 7. The van der Waals surface area contributed by atoms with Crippen molar-refractivity contribution in [3.8, 4) is 0 Å². The van der Waals surface area contributed by atoms with Gasteiger partial charge < -0.3 is 24.6 Å². The molecule has 1 aliphatic rings. The Hall–Kier alpha value is -3.18. The van der Waals surface area contributed by atoms with E-state index in [-0.39, 0.29) is 40.0 Å². The van der Waals surface area contributed by atoms with Crippen molar-refractivity contribution in [2.24, 2.45) is 0 Å². The fraction of sp³-hybridized carbons (Fsp3) is 0.292. The maximum Gasteiger partial charge on any atom is 0.359 e. The highest BCUT2D eigenvalue weighted by molar-refractivity contribution is 7.60. The molecular weight excluding hydrogens is 550 g/mol. The third-order valence-corrected chi connectivity index (χ3v) is 7.57. The first-order chi connectivity index (χ1) is 17.8. The summed E-state index contributed by atoms with van der Waals surface area (Å²) in [7, 11) is -5.03. The second-order valence-electron chi connectivity index (χ2n) is 8.92. The number of nitrogens with zero attached hydrogens (tertiary/aromatic N) is 2. The van der Waals surface area contributed by atoms with E-state index < -0.39 is 67.4 Å². The lowest BCUT2D eigenvalue weighted by Crippen LogP contribution is -2.46. The molecule has 14 heteroatoms. The van der Waals surface area contributed by atoms with Gasteiger partial charge in [0, 0.05) is 35.7 Å². The molecule has 9 nitrogen and oxygen atoms in total. The molecule has 2 aromatic carbocycles. The molecule has 2 atom stereocenters. The summed E-state index contributed by atoms with van der Waals surface area (Å²) < 4.78 is 55.8. The maximum atomic E-state index is 14.4. The van der Waals surface area contributed by atoms with Crippen LogP contribution in [0.5, 0.6) is 0 Å². The molecule has 0 bridgehead atoms. The van der Waals surface area contributed by atoms with Crippen molar-refractivity contribution in [3.05, 3.63) is 64.3 Å². The molecule has 1 aliphatic heterocycles. The molecule has 2 amide bonds. The lowest BCUT2D eigenvalue weighted by atomic mass is 10.1. The number of carbonyl (C=O) groups excluding carboxylic acids is 3. The number of hydrogen-bond acceptors (Lipinski definition) is 4. The number of amides is 2. The van der Waals surface area contributed by atoms with Crippen LogP contribution in [-0.2, 0) is 27.2 Å². The number of aromatic nitrogens is 1. The average Bonchev–Trinajstić information content (AvgIpc) is 3.39. The van der Waals surface area contributed by atoms with Crippen LogP contribution in [0, 0.1) is 11.6 Å². The van der Waals surface area contributed by atoms with Gasteiger partial charge in [-0.25, -0.2) is 13.2 Å². The Kier molecular flexibility index (Phi) is 7.72. The van der Waals surface area contributed by atoms with E-state index in [2.05, 4.69) is 5.32 Å². The number of fused-ring (bicyclic) bond motifs is 1. The average molecular weight is 572 g/mol. The topological polar surface area (TPSA) is 129 Å². The molecule has 1 saturated heterocycles. The summed E-state index contributed by atoms with van der Waals surface area (Å²) in [5.74, 6) is -3.87. The minimum Gasteiger partial charge on any atom is -0.350 e. The lowest BCUT2D eigenvalue weighted by Gasteiger charge is -2.24. The molecule has 3 aromatic rings. The van der Waals surface area contributed by atoms with Crippen molar-refractivity contribution < 1.29 is 41.9 Å². The van der Waals surface area contributed by atoms with Crippen molar-refractivity contribution in [3.63, 3.8) is 0 Å². The fourth-order valence-electron chi connectivity index (χ4n) is 4.46. The van der Waals surface area contributed by atoms with Gasteiger partial charge in [0.05, 0.1) is 17.1 Å². The monoisotopic (exact) mass is 571 g/mol. The van der Waals surface area contributed by atoms with E-state index in [9.17, 15) is 41.9 Å². The highest BCUT2D eigenvalue weighted by Crippen LogP contribution is 2.36. The zero-order valence-corrected chi connectivity index (χ0v) is 21.5. The largest absolute Gasteiger partial charge is 0.359 e. The fourth-order valence-corrected chi connectivity index (χ4v) is 5.29. The van der Waals surface area contributed by atoms with Crippen molar-refractivity contribution >= 4 is 53.0 Å². The summed E-state index contributed by atoms with van der Waals surface area (Å²) in [6.07, 6.45) is -0.579. The predicted octanol–water partition coefficient (Wildman–Crippen LogP) is 2.83. The quantitative estimate of drug-likeness (QED) is 0.295. The van der Waals surface area contributed by atoms with Crippen LogP contribution in [0.25, 0.3) is 10.9 Å². The maximum absolute atomic E-state index is 14.4. The van der Waals surface area contributed by atoms with Gasteiger partial charge >= 0.3 is 7.60 Å². The Balaban J connectivity index is 1.59. The number of likely N-dealkylation sites (tertiary alicyclic amines) is 1.